The lowest BCUT2D eigenvalue weighted by Gasteiger charge is -2.12. The summed E-state index contributed by atoms with van der Waals surface area (Å²) in [5.74, 6) is -1.60. The second kappa shape index (κ2) is 8.65. The van der Waals surface area contributed by atoms with Gasteiger partial charge >= 0.3 is 5.97 Å². The van der Waals surface area contributed by atoms with Crippen LogP contribution < -0.4 is 0 Å². The van der Waals surface area contributed by atoms with Gasteiger partial charge in [-0.05, 0) is 84.3 Å². The zero-order valence-electron chi connectivity index (χ0n) is 16.0. The lowest BCUT2D eigenvalue weighted by Crippen LogP contribution is -1.99. The largest absolute Gasteiger partial charge is 0.508 e. The number of phenolic OH excluding ortho intramolecular Hbond substituents is 4. The van der Waals surface area contributed by atoms with Gasteiger partial charge in [-0.2, -0.15) is 0 Å². The van der Waals surface area contributed by atoms with Crippen LogP contribution in [0.3, 0.4) is 0 Å². The molecule has 7 nitrogen and oxygen atoms in total. The molecule has 0 saturated heterocycles. The first-order valence-electron chi connectivity index (χ1n) is 9.33. The lowest BCUT2D eigenvalue weighted by atomic mass is 9.96. The molecular weight excluding hydrogens is 388 g/mol. The summed E-state index contributed by atoms with van der Waals surface area (Å²) in [6.07, 6.45) is 1.60. The van der Waals surface area contributed by atoms with E-state index in [0.29, 0.717) is 47.9 Å². The first-order valence-corrected chi connectivity index (χ1v) is 9.33. The highest BCUT2D eigenvalue weighted by Crippen LogP contribution is 2.31. The molecule has 0 bridgehead atoms. The van der Waals surface area contributed by atoms with Gasteiger partial charge < -0.3 is 30.6 Å². The molecule has 0 spiro atoms. The minimum Gasteiger partial charge on any atom is -0.508 e. The van der Waals surface area contributed by atoms with Crippen LogP contribution in [-0.4, -0.2) is 36.6 Å². The minimum atomic E-state index is -1.21. The predicted octanol–water partition coefficient (Wildman–Crippen LogP) is 3.48. The van der Waals surface area contributed by atoms with Crippen molar-refractivity contribution >= 4 is 5.97 Å². The molecule has 156 valence electrons. The third kappa shape index (κ3) is 4.94. The van der Waals surface area contributed by atoms with E-state index in [1.807, 2.05) is 0 Å². The topological polar surface area (TPSA) is 138 Å². The number of hydrogen-bond donors (Lipinski definition) is 6. The maximum Gasteiger partial charge on any atom is 0.339 e. The standard InChI is InChI=1S/C23H22O7/c24-17-7-14(8-18(25)12-17)2-5-16-11-19(26)10-15(22(16)28)4-1-13-3-6-20(23(29)30)21(27)9-13/h3,6-12,24-28H,1-2,4-5H2,(H,29,30). The van der Waals surface area contributed by atoms with Gasteiger partial charge in [-0.25, -0.2) is 4.79 Å². The van der Waals surface area contributed by atoms with Gasteiger partial charge in [0.05, 0.1) is 0 Å². The average Bonchev–Trinajstić information content (AvgIpc) is 2.66. The summed E-state index contributed by atoms with van der Waals surface area (Å²) in [5, 5.41) is 58.6. The fraction of sp³-hybridized carbons (Fsp3) is 0.174. The first kappa shape index (κ1) is 20.9. The summed E-state index contributed by atoms with van der Waals surface area (Å²) in [6, 6.07) is 11.5. The van der Waals surface area contributed by atoms with E-state index in [4.69, 9.17) is 5.11 Å². The van der Waals surface area contributed by atoms with Crippen molar-refractivity contribution in [3.63, 3.8) is 0 Å². The normalized spacial score (nSPS) is 10.8. The number of benzene rings is 3. The summed E-state index contributed by atoms with van der Waals surface area (Å²) in [5.41, 5.74) is 2.24. The summed E-state index contributed by atoms with van der Waals surface area (Å²) in [6.45, 7) is 0. The van der Waals surface area contributed by atoms with Crippen molar-refractivity contribution in [2.45, 2.75) is 25.7 Å². The van der Waals surface area contributed by atoms with Crippen LogP contribution in [0, 0.1) is 0 Å². The molecule has 0 heterocycles. The van der Waals surface area contributed by atoms with E-state index < -0.39 is 5.97 Å². The van der Waals surface area contributed by atoms with Gasteiger partial charge in [0.1, 0.15) is 34.3 Å². The van der Waals surface area contributed by atoms with Crippen molar-refractivity contribution in [2.24, 2.45) is 0 Å². The van der Waals surface area contributed by atoms with Crippen molar-refractivity contribution in [1.82, 2.24) is 0 Å². The van der Waals surface area contributed by atoms with Crippen LogP contribution in [0.2, 0.25) is 0 Å². The van der Waals surface area contributed by atoms with Gasteiger partial charge in [-0.15, -0.1) is 0 Å². The number of hydrogen-bond acceptors (Lipinski definition) is 6. The molecule has 0 aliphatic heterocycles. The molecule has 0 saturated carbocycles. The summed E-state index contributed by atoms with van der Waals surface area (Å²) in [4.78, 5) is 11.0. The zero-order valence-corrected chi connectivity index (χ0v) is 16.0. The zero-order chi connectivity index (χ0) is 21.8. The Kier molecular flexibility index (Phi) is 6.01. The van der Waals surface area contributed by atoms with Crippen molar-refractivity contribution < 1.29 is 35.4 Å². The van der Waals surface area contributed by atoms with E-state index in [9.17, 15) is 30.3 Å². The van der Waals surface area contributed by atoms with E-state index in [2.05, 4.69) is 0 Å². The van der Waals surface area contributed by atoms with Gasteiger partial charge in [-0.3, -0.25) is 0 Å². The van der Waals surface area contributed by atoms with Crippen LogP contribution in [0.5, 0.6) is 28.7 Å². The molecule has 7 heteroatoms. The maximum absolute atomic E-state index is 11.0. The van der Waals surface area contributed by atoms with Gasteiger partial charge in [-0.1, -0.05) is 6.07 Å². The van der Waals surface area contributed by atoms with E-state index in [-0.39, 0.29) is 34.3 Å². The molecule has 0 unspecified atom stereocenters. The number of carboxylic acid groups (broad SMARTS) is 1. The van der Waals surface area contributed by atoms with Gasteiger partial charge in [0.15, 0.2) is 0 Å². The van der Waals surface area contributed by atoms with Gasteiger partial charge in [0, 0.05) is 6.07 Å². The molecule has 0 atom stereocenters. The second-order valence-electron chi connectivity index (χ2n) is 7.13. The molecule has 0 aliphatic rings. The lowest BCUT2D eigenvalue weighted by molar-refractivity contribution is 0.0693. The van der Waals surface area contributed by atoms with Crippen LogP contribution in [0.15, 0.2) is 48.5 Å². The Morgan fingerprint density at radius 3 is 1.70 bits per heavy atom. The molecule has 3 aromatic rings. The van der Waals surface area contributed by atoms with E-state index in [1.54, 1.807) is 6.07 Å². The highest BCUT2D eigenvalue weighted by atomic mass is 16.4. The molecule has 0 amide bonds. The molecule has 3 aromatic carbocycles. The molecular formula is C23H22O7. The third-order valence-electron chi connectivity index (χ3n) is 4.87. The van der Waals surface area contributed by atoms with Crippen LogP contribution in [-0.2, 0) is 25.7 Å². The second-order valence-corrected chi connectivity index (χ2v) is 7.13. The Bertz CT molecular complexity index is 1070. The highest BCUT2D eigenvalue weighted by molar-refractivity contribution is 5.90. The first-order chi connectivity index (χ1) is 14.2. The number of phenols is 5. The van der Waals surface area contributed by atoms with Gasteiger partial charge in [0.2, 0.25) is 0 Å². The Morgan fingerprint density at radius 2 is 1.17 bits per heavy atom. The molecule has 3 rings (SSSR count). The number of aryl methyl sites for hydroxylation is 4. The Labute approximate surface area is 172 Å². The van der Waals surface area contributed by atoms with Crippen molar-refractivity contribution in [3.8, 4) is 28.7 Å². The predicted molar refractivity (Wildman–Crippen MR) is 109 cm³/mol. The SMILES string of the molecule is O=C(O)c1ccc(CCc2cc(O)cc(CCc3cc(O)cc(O)c3)c2O)cc1O. The minimum absolute atomic E-state index is 0.000582. The fourth-order valence-corrected chi connectivity index (χ4v) is 3.40. The molecule has 0 fully saturated rings. The van der Waals surface area contributed by atoms with Crippen LogP contribution in [0.1, 0.15) is 32.6 Å². The van der Waals surface area contributed by atoms with Crippen LogP contribution in [0.4, 0.5) is 0 Å². The van der Waals surface area contributed by atoms with Crippen molar-refractivity contribution in [3.05, 3.63) is 76.3 Å². The highest BCUT2D eigenvalue weighted by Gasteiger charge is 2.13. The molecule has 0 aliphatic carbocycles. The van der Waals surface area contributed by atoms with E-state index in [1.165, 1.54) is 42.5 Å². The Morgan fingerprint density at radius 1 is 0.633 bits per heavy atom. The molecule has 30 heavy (non-hydrogen) atoms. The van der Waals surface area contributed by atoms with Crippen molar-refractivity contribution in [1.29, 1.82) is 0 Å². The Balaban J connectivity index is 1.74. The Hall–Kier alpha value is -3.87. The fourth-order valence-electron chi connectivity index (χ4n) is 3.40. The van der Waals surface area contributed by atoms with Crippen LogP contribution in [0.25, 0.3) is 0 Å². The quantitative estimate of drug-likeness (QED) is 0.328. The molecule has 0 radical (unpaired) electrons. The van der Waals surface area contributed by atoms with Crippen LogP contribution >= 0.6 is 0 Å². The molecule has 0 aromatic heterocycles. The number of rotatable bonds is 7. The maximum atomic E-state index is 11.0. The molecule has 6 N–H and O–H groups in total. The number of aromatic carboxylic acids is 1. The smallest absolute Gasteiger partial charge is 0.339 e. The summed E-state index contributed by atoms with van der Waals surface area (Å²) in [7, 11) is 0. The average molecular weight is 410 g/mol. The summed E-state index contributed by atoms with van der Waals surface area (Å²) < 4.78 is 0. The summed E-state index contributed by atoms with van der Waals surface area (Å²) >= 11 is 0. The van der Waals surface area contributed by atoms with E-state index in [0.717, 1.165) is 0 Å². The monoisotopic (exact) mass is 410 g/mol. The number of carboxylic acids is 1. The van der Waals surface area contributed by atoms with Gasteiger partial charge in [0.25, 0.3) is 0 Å². The number of aromatic hydroxyl groups is 5. The van der Waals surface area contributed by atoms with E-state index >= 15 is 0 Å². The third-order valence-corrected chi connectivity index (χ3v) is 4.87. The van der Waals surface area contributed by atoms with Crippen molar-refractivity contribution in [2.75, 3.05) is 0 Å². The number of carbonyl (C=O) groups is 1.